The van der Waals surface area contributed by atoms with E-state index in [1.807, 2.05) is 48.5 Å². The Bertz CT molecular complexity index is 3070. The van der Waals surface area contributed by atoms with E-state index in [0.717, 1.165) is 66.0 Å². The Hall–Kier alpha value is -5.78. The largest absolute Gasteiger partial charge is 0.501 e. The van der Waals surface area contributed by atoms with Crippen LogP contribution in [0.1, 0.15) is 36.1 Å². The molecule has 0 amide bonds. The van der Waals surface area contributed by atoms with Gasteiger partial charge in [-0.25, -0.2) is 0 Å². The molecule has 7 aromatic carbocycles. The molecule has 3 aromatic heterocycles. The monoisotopic (exact) mass is 918 g/mol. The third-order valence-electron chi connectivity index (χ3n) is 10.9. The van der Waals surface area contributed by atoms with E-state index in [9.17, 15) is 0 Å². The van der Waals surface area contributed by atoms with Crippen LogP contribution in [0.5, 0.6) is 0 Å². The van der Waals surface area contributed by atoms with Crippen LogP contribution in [0.2, 0.25) is 0 Å². The zero-order valence-electron chi connectivity index (χ0n) is 31.3. The van der Waals surface area contributed by atoms with Crippen molar-refractivity contribution in [2.75, 3.05) is 0 Å². The summed E-state index contributed by atoms with van der Waals surface area (Å²) in [6, 6.07) is 54.9. The average Bonchev–Trinajstić information content (AvgIpc) is 3.88. The summed E-state index contributed by atoms with van der Waals surface area (Å²) in [6.07, 6.45) is 0. The van der Waals surface area contributed by atoms with Gasteiger partial charge in [-0.05, 0) is 65.8 Å². The number of nitrogens with zero attached hydrogens (tertiary/aromatic N) is 3. The molecule has 0 saturated heterocycles. The van der Waals surface area contributed by atoms with E-state index in [4.69, 9.17) is 19.4 Å². The van der Waals surface area contributed by atoms with E-state index in [2.05, 4.69) is 131 Å². The second-order valence-corrected chi connectivity index (χ2v) is 15.7. The molecule has 273 valence electrons. The number of benzene rings is 7. The molecule has 11 rings (SSSR count). The van der Waals surface area contributed by atoms with E-state index in [0.29, 0.717) is 0 Å². The molecular weight excluding hydrogens is 883 g/mol. The number of hydrogen-bond donors (Lipinski definition) is 0. The summed E-state index contributed by atoms with van der Waals surface area (Å²) in [4.78, 5) is 14.8. The SMILES string of the molecule is Cc1cccc(C)c1-c1nc(-c2[c-]cc3c(c2)-c2ccccc2C3(C)C)nc2ccccc12.[Ir].[c-]1ccc2c(oc3ccccc32)c1-c1nc2ccccc2s1. The Labute approximate surface area is 343 Å². The maximum atomic E-state index is 6.07. The van der Waals surface area contributed by atoms with Crippen molar-refractivity contribution in [1.82, 2.24) is 15.0 Å². The third-order valence-corrected chi connectivity index (χ3v) is 12.0. The van der Waals surface area contributed by atoms with Crippen LogP contribution >= 0.6 is 11.3 Å². The van der Waals surface area contributed by atoms with E-state index in [1.165, 1.54) is 43.6 Å². The van der Waals surface area contributed by atoms with Crippen LogP contribution in [0.25, 0.3) is 87.4 Å². The van der Waals surface area contributed by atoms with Gasteiger partial charge < -0.3 is 4.42 Å². The first-order valence-electron chi connectivity index (χ1n) is 18.5. The summed E-state index contributed by atoms with van der Waals surface area (Å²) in [6.45, 7) is 8.88. The van der Waals surface area contributed by atoms with Crippen LogP contribution in [0.4, 0.5) is 0 Å². The summed E-state index contributed by atoms with van der Waals surface area (Å²) in [5, 5.41) is 4.27. The van der Waals surface area contributed by atoms with Crippen molar-refractivity contribution in [2.45, 2.75) is 33.1 Å². The maximum absolute atomic E-state index is 6.07. The average molecular weight is 918 g/mol. The van der Waals surface area contributed by atoms with Crippen LogP contribution in [-0.4, -0.2) is 15.0 Å². The van der Waals surface area contributed by atoms with Gasteiger partial charge in [0, 0.05) is 46.1 Å². The molecule has 1 aliphatic carbocycles. The van der Waals surface area contributed by atoms with Crippen LogP contribution in [0.3, 0.4) is 0 Å². The summed E-state index contributed by atoms with van der Waals surface area (Å²) < 4.78 is 7.25. The van der Waals surface area contributed by atoms with Crippen molar-refractivity contribution in [1.29, 1.82) is 0 Å². The standard InChI is InChI=1S/C31H25N2.C19H10NOS.Ir/c1-19-10-9-11-20(2)28(19)29-23-13-6-8-15-27(23)32-30(33-29)21-16-17-26-24(18-21)22-12-5-7-14-25(22)31(26,3)4;1-3-10-16-12(6-1)13-7-5-8-14(18(13)21-16)19-20-15-9-2-4-11-17(15)22-19;/h5-15,17-18H,1-4H3;1-7,9-11H;/q2*-1;. The normalized spacial score (nSPS) is 12.6. The van der Waals surface area contributed by atoms with Gasteiger partial charge in [-0.3, -0.25) is 15.0 Å². The zero-order valence-corrected chi connectivity index (χ0v) is 34.5. The van der Waals surface area contributed by atoms with E-state index >= 15 is 0 Å². The van der Waals surface area contributed by atoms with E-state index in [-0.39, 0.29) is 25.5 Å². The predicted molar refractivity (Wildman–Crippen MR) is 227 cm³/mol. The van der Waals surface area contributed by atoms with Crippen molar-refractivity contribution >= 4 is 54.4 Å². The van der Waals surface area contributed by atoms with Crippen LogP contribution in [0.15, 0.2) is 144 Å². The molecule has 0 saturated carbocycles. The maximum Gasteiger partial charge on any atom is 0.120 e. The van der Waals surface area contributed by atoms with Gasteiger partial charge >= 0.3 is 0 Å². The summed E-state index contributed by atoms with van der Waals surface area (Å²) in [5.41, 5.74) is 15.4. The zero-order chi connectivity index (χ0) is 37.3. The molecule has 0 aliphatic heterocycles. The van der Waals surface area contributed by atoms with Gasteiger partial charge in [-0.15, -0.1) is 47.5 Å². The second-order valence-electron chi connectivity index (χ2n) is 14.7. The fourth-order valence-corrected chi connectivity index (χ4v) is 9.14. The molecule has 1 radical (unpaired) electrons. The third kappa shape index (κ3) is 5.88. The minimum Gasteiger partial charge on any atom is -0.501 e. The molecule has 4 nitrogen and oxygen atoms in total. The number of fused-ring (bicyclic) bond motifs is 8. The van der Waals surface area contributed by atoms with Gasteiger partial charge in [0.25, 0.3) is 0 Å². The quantitative estimate of drug-likeness (QED) is 0.166. The first-order chi connectivity index (χ1) is 26.8. The number of furan rings is 1. The molecule has 6 heteroatoms. The molecule has 0 unspecified atom stereocenters. The fraction of sp³-hybridized carbons (Fsp3) is 0.100. The molecule has 0 bridgehead atoms. The van der Waals surface area contributed by atoms with Crippen LogP contribution in [0, 0.1) is 26.0 Å². The molecule has 10 aromatic rings. The molecular formula is C50H35IrN3OS-2. The number of para-hydroxylation sites is 3. The number of hydrogen-bond acceptors (Lipinski definition) is 5. The number of aryl methyl sites for hydroxylation is 2. The van der Waals surface area contributed by atoms with Crippen molar-refractivity contribution < 1.29 is 24.5 Å². The predicted octanol–water partition coefficient (Wildman–Crippen LogP) is 13.3. The first-order valence-corrected chi connectivity index (χ1v) is 19.3. The molecule has 0 atom stereocenters. The molecule has 0 N–H and O–H groups in total. The van der Waals surface area contributed by atoms with Crippen molar-refractivity contribution in [3.05, 3.63) is 174 Å². The topological polar surface area (TPSA) is 51.8 Å². The number of rotatable bonds is 3. The second kappa shape index (κ2) is 14.1. The van der Waals surface area contributed by atoms with Crippen molar-refractivity contribution in [3.8, 4) is 44.3 Å². The number of thiazole rings is 1. The van der Waals surface area contributed by atoms with Gasteiger partial charge in [-0.2, -0.15) is 11.3 Å². The van der Waals surface area contributed by atoms with Crippen LogP contribution < -0.4 is 0 Å². The molecule has 1 aliphatic rings. The summed E-state index contributed by atoms with van der Waals surface area (Å²) in [7, 11) is 0. The van der Waals surface area contributed by atoms with Gasteiger partial charge in [-0.1, -0.05) is 121 Å². The Kier molecular flexibility index (Phi) is 9.01. The fourth-order valence-electron chi connectivity index (χ4n) is 8.17. The van der Waals surface area contributed by atoms with Gasteiger partial charge in [0.2, 0.25) is 0 Å². The Morgan fingerprint density at radius 1 is 0.625 bits per heavy atom. The van der Waals surface area contributed by atoms with Gasteiger partial charge in [0.1, 0.15) is 5.58 Å². The molecule has 56 heavy (non-hydrogen) atoms. The molecule has 3 heterocycles. The van der Waals surface area contributed by atoms with Crippen molar-refractivity contribution in [2.24, 2.45) is 0 Å². The van der Waals surface area contributed by atoms with Crippen molar-refractivity contribution in [3.63, 3.8) is 0 Å². The van der Waals surface area contributed by atoms with E-state index < -0.39 is 0 Å². The first kappa shape index (κ1) is 35.9. The minimum atomic E-state index is -0.0331. The van der Waals surface area contributed by atoms with Gasteiger partial charge in [0.05, 0.1) is 28.1 Å². The smallest absolute Gasteiger partial charge is 0.120 e. The van der Waals surface area contributed by atoms with Crippen LogP contribution in [-0.2, 0) is 25.5 Å². The van der Waals surface area contributed by atoms with E-state index in [1.54, 1.807) is 11.3 Å². The Balaban J connectivity index is 0.000000155. The summed E-state index contributed by atoms with van der Waals surface area (Å²) >= 11 is 1.67. The minimum absolute atomic E-state index is 0. The number of aromatic nitrogens is 3. The summed E-state index contributed by atoms with van der Waals surface area (Å²) in [5.74, 6) is 0.719. The molecule has 0 spiro atoms. The molecule has 0 fully saturated rings. The Morgan fingerprint density at radius 3 is 2.16 bits per heavy atom. The Morgan fingerprint density at radius 2 is 1.34 bits per heavy atom. The van der Waals surface area contributed by atoms with Gasteiger partial charge in [0.15, 0.2) is 0 Å².